The van der Waals surface area contributed by atoms with E-state index in [1.807, 2.05) is 13.8 Å². The molecule has 7 nitrogen and oxygen atoms in total. The van der Waals surface area contributed by atoms with Gasteiger partial charge in [-0.3, -0.25) is 9.48 Å². The minimum absolute atomic E-state index is 0.0455. The number of ether oxygens (including phenoxy) is 1. The van der Waals surface area contributed by atoms with E-state index in [-0.39, 0.29) is 11.7 Å². The Hall–Kier alpha value is -2.22. The first-order chi connectivity index (χ1) is 11.0. The number of nitrogens with one attached hydrogen (secondary N) is 2. The number of anilines is 1. The van der Waals surface area contributed by atoms with Crippen molar-refractivity contribution in [3.05, 3.63) is 34.1 Å². The smallest absolute Gasteiger partial charge is 0.275 e. The first-order valence-corrected chi connectivity index (χ1v) is 8.12. The van der Waals surface area contributed by atoms with Gasteiger partial charge in [-0.1, -0.05) is 15.9 Å². The van der Waals surface area contributed by atoms with Crippen LogP contribution in [0.2, 0.25) is 0 Å². The predicted molar refractivity (Wildman–Crippen MR) is 88.7 cm³/mol. The Bertz CT molecular complexity index is 759. The zero-order valence-electron chi connectivity index (χ0n) is 12.8. The van der Waals surface area contributed by atoms with Crippen LogP contribution in [-0.4, -0.2) is 27.4 Å². The lowest BCUT2D eigenvalue weighted by Crippen LogP contribution is -2.38. The number of rotatable bonds is 4. The number of fused-ring (bicyclic) bond motifs is 1. The Morgan fingerprint density at radius 2 is 2.17 bits per heavy atom. The first kappa shape index (κ1) is 15.7. The minimum Gasteiger partial charge on any atom is -0.504 e. The van der Waals surface area contributed by atoms with Crippen LogP contribution in [0.4, 0.5) is 5.69 Å². The quantitative estimate of drug-likeness (QED) is 0.758. The summed E-state index contributed by atoms with van der Waals surface area (Å²) in [6.07, 6.45) is 1.36. The maximum absolute atomic E-state index is 12.3. The minimum atomic E-state index is -0.446. The number of phenols is 1. The average Bonchev–Trinajstić information content (AvgIpc) is 2.94. The van der Waals surface area contributed by atoms with Gasteiger partial charge in [-0.05, 0) is 26.0 Å². The number of carbonyl (C=O) groups is 1. The van der Waals surface area contributed by atoms with E-state index in [9.17, 15) is 9.90 Å². The molecule has 0 saturated heterocycles. The van der Waals surface area contributed by atoms with Crippen LogP contribution in [0.25, 0.3) is 0 Å². The molecule has 0 radical (unpaired) electrons. The lowest BCUT2D eigenvalue weighted by atomic mass is 10.1. The summed E-state index contributed by atoms with van der Waals surface area (Å²) in [4.78, 5) is 12.3. The lowest BCUT2D eigenvalue weighted by Gasteiger charge is -2.26. The van der Waals surface area contributed by atoms with Gasteiger partial charge in [-0.2, -0.15) is 5.10 Å². The van der Waals surface area contributed by atoms with E-state index < -0.39 is 6.17 Å². The predicted octanol–water partition coefficient (Wildman–Crippen LogP) is 2.62. The zero-order chi connectivity index (χ0) is 16.6. The SMILES string of the molecule is CCOc1cc(C2NC(=O)c3nn(CC)cc3N2)c(Br)cc1O. The number of aromatic hydroxyl groups is 1. The second-order valence-electron chi connectivity index (χ2n) is 5.07. The number of amides is 1. The summed E-state index contributed by atoms with van der Waals surface area (Å²) in [6, 6.07) is 3.26. The van der Waals surface area contributed by atoms with Crippen LogP contribution >= 0.6 is 15.9 Å². The Morgan fingerprint density at radius 1 is 1.39 bits per heavy atom. The topological polar surface area (TPSA) is 88.4 Å². The van der Waals surface area contributed by atoms with Crippen molar-refractivity contribution >= 4 is 27.5 Å². The number of aryl methyl sites for hydroxylation is 1. The Balaban J connectivity index is 1.97. The second kappa shape index (κ2) is 6.11. The normalized spacial score (nSPS) is 16.5. The fourth-order valence-electron chi connectivity index (χ4n) is 2.45. The fourth-order valence-corrected chi connectivity index (χ4v) is 3.01. The van der Waals surface area contributed by atoms with Crippen LogP contribution in [0.5, 0.6) is 11.5 Å². The van der Waals surface area contributed by atoms with Gasteiger partial charge < -0.3 is 20.5 Å². The summed E-state index contributed by atoms with van der Waals surface area (Å²) in [6.45, 7) is 4.92. The molecular weight excluding hydrogens is 364 g/mol. The highest BCUT2D eigenvalue weighted by molar-refractivity contribution is 9.10. The first-order valence-electron chi connectivity index (χ1n) is 7.33. The van der Waals surface area contributed by atoms with Crippen molar-refractivity contribution in [1.29, 1.82) is 0 Å². The molecule has 1 amide bonds. The third kappa shape index (κ3) is 2.86. The van der Waals surface area contributed by atoms with Crippen LogP contribution in [0.3, 0.4) is 0 Å². The maximum Gasteiger partial charge on any atom is 0.275 e. The molecule has 0 bridgehead atoms. The monoisotopic (exact) mass is 380 g/mol. The standard InChI is InChI=1S/C15H17BrN4O3/c1-3-20-7-10-13(19-20)15(22)18-14(17-10)8-5-12(23-4-2)11(21)6-9(8)16/h5-7,14,17,21H,3-4H2,1-2H3,(H,18,22). The van der Waals surface area contributed by atoms with Crippen molar-refractivity contribution in [2.75, 3.05) is 11.9 Å². The van der Waals surface area contributed by atoms with Crippen molar-refractivity contribution in [3.63, 3.8) is 0 Å². The summed E-state index contributed by atoms with van der Waals surface area (Å²) in [5.41, 5.74) is 1.82. The molecule has 1 unspecified atom stereocenters. The van der Waals surface area contributed by atoms with Crippen LogP contribution < -0.4 is 15.4 Å². The summed E-state index contributed by atoms with van der Waals surface area (Å²) in [5, 5.41) is 20.3. The molecule has 1 aromatic heterocycles. The van der Waals surface area contributed by atoms with Gasteiger partial charge in [-0.15, -0.1) is 0 Å². The molecule has 1 atom stereocenters. The molecule has 122 valence electrons. The van der Waals surface area contributed by atoms with E-state index in [1.165, 1.54) is 0 Å². The number of benzene rings is 1. The van der Waals surface area contributed by atoms with Crippen molar-refractivity contribution in [1.82, 2.24) is 15.1 Å². The molecule has 0 saturated carbocycles. The Morgan fingerprint density at radius 3 is 2.87 bits per heavy atom. The maximum atomic E-state index is 12.3. The molecule has 1 aromatic carbocycles. The molecular formula is C15H17BrN4O3. The van der Waals surface area contributed by atoms with Crippen molar-refractivity contribution in [2.24, 2.45) is 0 Å². The highest BCUT2D eigenvalue weighted by atomic mass is 79.9. The Kier molecular flexibility index (Phi) is 4.16. The number of nitrogens with zero attached hydrogens (tertiary/aromatic N) is 2. The Labute approximate surface area is 141 Å². The molecule has 0 spiro atoms. The van der Waals surface area contributed by atoms with Gasteiger partial charge in [0.1, 0.15) is 6.17 Å². The number of hydrogen-bond donors (Lipinski definition) is 3. The summed E-state index contributed by atoms with van der Waals surface area (Å²) in [7, 11) is 0. The van der Waals surface area contributed by atoms with E-state index in [2.05, 4.69) is 31.7 Å². The zero-order valence-corrected chi connectivity index (χ0v) is 14.3. The fraction of sp³-hybridized carbons (Fsp3) is 0.333. The third-order valence-electron chi connectivity index (χ3n) is 3.57. The van der Waals surface area contributed by atoms with Gasteiger partial charge in [0, 0.05) is 22.8 Å². The van der Waals surface area contributed by atoms with Crippen molar-refractivity contribution < 1.29 is 14.6 Å². The number of phenolic OH excluding ortho intramolecular Hbond substituents is 1. The van der Waals surface area contributed by atoms with Crippen LogP contribution in [-0.2, 0) is 6.54 Å². The molecule has 8 heteroatoms. The van der Waals surface area contributed by atoms with Gasteiger partial charge >= 0.3 is 0 Å². The van der Waals surface area contributed by atoms with Crippen molar-refractivity contribution in [3.8, 4) is 11.5 Å². The van der Waals surface area contributed by atoms with E-state index in [0.29, 0.717) is 34.8 Å². The summed E-state index contributed by atoms with van der Waals surface area (Å²) < 4.78 is 7.79. The van der Waals surface area contributed by atoms with E-state index in [1.54, 1.807) is 23.0 Å². The van der Waals surface area contributed by atoms with Crippen LogP contribution in [0.1, 0.15) is 36.1 Å². The molecule has 1 aliphatic heterocycles. The second-order valence-corrected chi connectivity index (χ2v) is 5.93. The van der Waals surface area contributed by atoms with Crippen LogP contribution in [0.15, 0.2) is 22.8 Å². The van der Waals surface area contributed by atoms with E-state index in [0.717, 1.165) is 5.56 Å². The van der Waals surface area contributed by atoms with Crippen molar-refractivity contribution in [2.45, 2.75) is 26.6 Å². The molecule has 23 heavy (non-hydrogen) atoms. The van der Waals surface area contributed by atoms with E-state index >= 15 is 0 Å². The number of halogens is 1. The molecule has 3 rings (SSSR count). The average molecular weight is 381 g/mol. The summed E-state index contributed by atoms with van der Waals surface area (Å²) in [5.74, 6) is 0.176. The molecule has 0 aliphatic carbocycles. The molecule has 2 aromatic rings. The van der Waals surface area contributed by atoms with Crippen LogP contribution in [0, 0.1) is 0 Å². The summed E-state index contributed by atoms with van der Waals surface area (Å²) >= 11 is 3.42. The largest absolute Gasteiger partial charge is 0.504 e. The molecule has 3 N–H and O–H groups in total. The van der Waals surface area contributed by atoms with Gasteiger partial charge in [0.25, 0.3) is 5.91 Å². The van der Waals surface area contributed by atoms with E-state index in [4.69, 9.17) is 4.74 Å². The van der Waals surface area contributed by atoms with Gasteiger partial charge in [-0.25, -0.2) is 0 Å². The van der Waals surface area contributed by atoms with Gasteiger partial charge in [0.15, 0.2) is 17.2 Å². The molecule has 2 heterocycles. The number of aromatic nitrogens is 2. The molecule has 0 fully saturated rings. The molecule has 1 aliphatic rings. The highest BCUT2D eigenvalue weighted by Gasteiger charge is 2.29. The van der Waals surface area contributed by atoms with Gasteiger partial charge in [0.05, 0.1) is 12.3 Å². The number of hydrogen-bond acceptors (Lipinski definition) is 5. The number of carbonyl (C=O) groups excluding carboxylic acids is 1. The lowest BCUT2D eigenvalue weighted by molar-refractivity contribution is 0.0929. The third-order valence-corrected chi connectivity index (χ3v) is 4.25. The highest BCUT2D eigenvalue weighted by Crippen LogP contribution is 2.37. The van der Waals surface area contributed by atoms with Gasteiger partial charge in [0.2, 0.25) is 0 Å².